The summed E-state index contributed by atoms with van der Waals surface area (Å²) >= 11 is 5.75. The third kappa shape index (κ3) is 5.60. The molecule has 0 unspecified atom stereocenters. The molecule has 1 amide bonds. The van der Waals surface area contributed by atoms with Gasteiger partial charge in [0.25, 0.3) is 0 Å². The number of amides is 1. The van der Waals surface area contributed by atoms with Gasteiger partial charge in [0.05, 0.1) is 23.2 Å². The maximum Gasteiger partial charge on any atom is 0.408 e. The largest absolute Gasteiger partial charge is 0.481 e. The summed E-state index contributed by atoms with van der Waals surface area (Å²) in [6.07, 6.45) is 0.370. The average Bonchev–Trinajstić information content (AvgIpc) is 2.53. The molecule has 0 fully saturated rings. The number of nitrogens with zero attached hydrogens (tertiary/aromatic N) is 1. The Bertz CT molecular complexity index is 662. The number of hydrogen-bond acceptors (Lipinski definition) is 4. The second kappa shape index (κ2) is 8.14. The summed E-state index contributed by atoms with van der Waals surface area (Å²) in [6.45, 7) is 0.0977. The number of rotatable bonds is 6. The van der Waals surface area contributed by atoms with E-state index in [4.69, 9.17) is 21.4 Å². The van der Waals surface area contributed by atoms with Gasteiger partial charge in [-0.05, 0) is 17.7 Å². The van der Waals surface area contributed by atoms with Gasteiger partial charge in [-0.2, -0.15) is 0 Å². The van der Waals surface area contributed by atoms with Gasteiger partial charge in [0.2, 0.25) is 0 Å². The van der Waals surface area contributed by atoms with Crippen molar-refractivity contribution in [1.29, 1.82) is 0 Å². The van der Waals surface area contributed by atoms with Gasteiger partial charge in [-0.15, -0.1) is 0 Å². The van der Waals surface area contributed by atoms with E-state index >= 15 is 0 Å². The molecule has 2 aromatic rings. The third-order valence-corrected chi connectivity index (χ3v) is 3.21. The topological polar surface area (TPSA) is 88.5 Å². The number of aliphatic carboxylic acids is 1. The van der Waals surface area contributed by atoms with Crippen LogP contribution in [0.25, 0.3) is 0 Å². The maximum atomic E-state index is 11.9. The van der Waals surface area contributed by atoms with Gasteiger partial charge >= 0.3 is 12.1 Å². The van der Waals surface area contributed by atoms with Crippen LogP contribution in [0.5, 0.6) is 0 Å². The standard InChI is InChI=1S/C16H15ClN2O4/c17-12-6-7-13(18-9-12)14(8-15(20)21)19-16(22)23-10-11-4-2-1-3-5-11/h1-7,9,14H,8,10H2,(H,19,22)(H,20,21)/t14-/m0/s1. The fourth-order valence-corrected chi connectivity index (χ4v) is 2.02. The van der Waals surface area contributed by atoms with E-state index in [9.17, 15) is 9.59 Å². The highest BCUT2D eigenvalue weighted by Gasteiger charge is 2.20. The molecule has 0 aliphatic heterocycles. The Morgan fingerprint density at radius 2 is 1.96 bits per heavy atom. The Labute approximate surface area is 138 Å². The fourth-order valence-electron chi connectivity index (χ4n) is 1.90. The van der Waals surface area contributed by atoms with Crippen LogP contribution in [0.4, 0.5) is 4.79 Å². The van der Waals surface area contributed by atoms with Crippen molar-refractivity contribution in [3.8, 4) is 0 Å². The molecular weight excluding hydrogens is 320 g/mol. The van der Waals surface area contributed by atoms with Gasteiger partial charge in [0.1, 0.15) is 6.61 Å². The number of carbonyl (C=O) groups excluding carboxylic acids is 1. The Morgan fingerprint density at radius 3 is 2.57 bits per heavy atom. The monoisotopic (exact) mass is 334 g/mol. The zero-order valence-electron chi connectivity index (χ0n) is 12.1. The predicted octanol–water partition coefficient (Wildman–Crippen LogP) is 3.18. The van der Waals surface area contributed by atoms with Crippen LogP contribution in [-0.2, 0) is 16.1 Å². The van der Waals surface area contributed by atoms with E-state index in [-0.39, 0.29) is 13.0 Å². The Kier molecular flexibility index (Phi) is 5.94. The Morgan fingerprint density at radius 1 is 1.22 bits per heavy atom. The van der Waals surface area contributed by atoms with Crippen molar-refractivity contribution in [1.82, 2.24) is 10.3 Å². The molecule has 120 valence electrons. The molecule has 0 spiro atoms. The summed E-state index contributed by atoms with van der Waals surface area (Å²) in [4.78, 5) is 26.9. The molecule has 0 saturated carbocycles. The maximum absolute atomic E-state index is 11.9. The summed E-state index contributed by atoms with van der Waals surface area (Å²) in [6, 6.07) is 11.5. The zero-order chi connectivity index (χ0) is 16.7. The molecule has 0 aliphatic carbocycles. The van der Waals surface area contributed by atoms with E-state index in [2.05, 4.69) is 10.3 Å². The van der Waals surface area contributed by atoms with E-state index in [1.165, 1.54) is 6.20 Å². The number of benzene rings is 1. The number of carbonyl (C=O) groups is 2. The van der Waals surface area contributed by atoms with E-state index in [0.717, 1.165) is 5.56 Å². The average molecular weight is 335 g/mol. The molecule has 2 rings (SSSR count). The highest BCUT2D eigenvalue weighted by atomic mass is 35.5. The van der Waals surface area contributed by atoms with Crippen LogP contribution in [0.15, 0.2) is 48.7 Å². The summed E-state index contributed by atoms with van der Waals surface area (Å²) in [7, 11) is 0. The van der Waals surface area contributed by atoms with Crippen molar-refractivity contribution in [2.24, 2.45) is 0 Å². The minimum Gasteiger partial charge on any atom is -0.481 e. The van der Waals surface area contributed by atoms with Crippen LogP contribution in [0.3, 0.4) is 0 Å². The minimum atomic E-state index is -1.06. The van der Waals surface area contributed by atoms with Crippen LogP contribution < -0.4 is 5.32 Å². The second-order valence-electron chi connectivity index (χ2n) is 4.76. The fraction of sp³-hybridized carbons (Fsp3) is 0.188. The van der Waals surface area contributed by atoms with Crippen molar-refractivity contribution >= 4 is 23.7 Å². The quantitative estimate of drug-likeness (QED) is 0.847. The summed E-state index contributed by atoms with van der Waals surface area (Å²) < 4.78 is 5.09. The van der Waals surface area contributed by atoms with E-state index in [1.54, 1.807) is 12.1 Å². The summed E-state index contributed by atoms with van der Waals surface area (Å²) in [5.74, 6) is -1.06. The van der Waals surface area contributed by atoms with Crippen molar-refractivity contribution in [3.05, 3.63) is 64.9 Å². The first-order chi connectivity index (χ1) is 11.0. The smallest absolute Gasteiger partial charge is 0.408 e. The number of alkyl carbamates (subject to hydrolysis) is 1. The lowest BCUT2D eigenvalue weighted by Crippen LogP contribution is -2.31. The van der Waals surface area contributed by atoms with Crippen molar-refractivity contribution in [3.63, 3.8) is 0 Å². The molecule has 0 bridgehead atoms. The molecule has 1 aromatic carbocycles. The van der Waals surface area contributed by atoms with Gasteiger partial charge in [0, 0.05) is 6.20 Å². The van der Waals surface area contributed by atoms with Crippen LogP contribution in [-0.4, -0.2) is 22.2 Å². The number of hydrogen-bond donors (Lipinski definition) is 2. The number of nitrogens with one attached hydrogen (secondary N) is 1. The molecule has 0 radical (unpaired) electrons. The SMILES string of the molecule is O=C(O)C[C@H](NC(=O)OCc1ccccc1)c1ccc(Cl)cn1. The molecule has 23 heavy (non-hydrogen) atoms. The number of pyridine rings is 1. The van der Waals surface area contributed by atoms with E-state index < -0.39 is 18.1 Å². The summed E-state index contributed by atoms with van der Waals surface area (Å²) in [5, 5.41) is 11.9. The number of carboxylic acids is 1. The van der Waals surface area contributed by atoms with E-state index in [0.29, 0.717) is 10.7 Å². The van der Waals surface area contributed by atoms with Gasteiger partial charge in [-0.3, -0.25) is 9.78 Å². The molecule has 7 heteroatoms. The summed E-state index contributed by atoms with van der Waals surface area (Å²) in [5.41, 5.74) is 1.23. The number of aromatic nitrogens is 1. The molecular formula is C16H15ClN2O4. The minimum absolute atomic E-state index is 0.0977. The second-order valence-corrected chi connectivity index (χ2v) is 5.19. The molecule has 1 aromatic heterocycles. The van der Waals surface area contributed by atoms with Gasteiger partial charge in [-0.25, -0.2) is 4.79 Å². The molecule has 1 atom stereocenters. The molecule has 6 nitrogen and oxygen atoms in total. The normalized spacial score (nSPS) is 11.5. The molecule has 2 N–H and O–H groups in total. The van der Waals surface area contributed by atoms with Gasteiger partial charge in [0.15, 0.2) is 0 Å². The number of carboxylic acid groups (broad SMARTS) is 1. The first-order valence-corrected chi connectivity index (χ1v) is 7.23. The van der Waals surface area contributed by atoms with Gasteiger partial charge in [-0.1, -0.05) is 41.9 Å². The van der Waals surface area contributed by atoms with Crippen LogP contribution >= 0.6 is 11.6 Å². The van der Waals surface area contributed by atoms with E-state index in [1.807, 2.05) is 30.3 Å². The number of ether oxygens (including phenoxy) is 1. The lowest BCUT2D eigenvalue weighted by molar-refractivity contribution is -0.137. The molecule has 0 aliphatic rings. The number of halogens is 1. The van der Waals surface area contributed by atoms with Crippen molar-refractivity contribution in [2.45, 2.75) is 19.1 Å². The first kappa shape index (κ1) is 16.8. The highest BCUT2D eigenvalue weighted by Crippen LogP contribution is 2.17. The third-order valence-electron chi connectivity index (χ3n) is 2.99. The van der Waals surface area contributed by atoms with Crippen LogP contribution in [0, 0.1) is 0 Å². The van der Waals surface area contributed by atoms with Crippen LogP contribution in [0.2, 0.25) is 5.02 Å². The molecule has 0 saturated heterocycles. The lowest BCUT2D eigenvalue weighted by Gasteiger charge is -2.16. The van der Waals surface area contributed by atoms with Crippen molar-refractivity contribution < 1.29 is 19.4 Å². The Balaban J connectivity index is 1.98. The Hall–Kier alpha value is -2.60. The zero-order valence-corrected chi connectivity index (χ0v) is 12.9. The predicted molar refractivity (Wildman–Crippen MR) is 84.0 cm³/mol. The first-order valence-electron chi connectivity index (χ1n) is 6.85. The van der Waals surface area contributed by atoms with Crippen LogP contribution in [0.1, 0.15) is 23.7 Å². The highest BCUT2D eigenvalue weighted by molar-refractivity contribution is 6.30. The molecule has 1 heterocycles. The van der Waals surface area contributed by atoms with Gasteiger partial charge < -0.3 is 15.2 Å². The lowest BCUT2D eigenvalue weighted by atomic mass is 10.1. The van der Waals surface area contributed by atoms with Crippen molar-refractivity contribution in [2.75, 3.05) is 0 Å².